The standard InChI is InChI=1S/C11H14BrN3/c1-8-10(3-5-13-2)15-6-4-9(12)7-11(15)14-8/h4,6-7,13H,3,5H2,1-2H3. The van der Waals surface area contributed by atoms with Crippen molar-refractivity contribution in [2.75, 3.05) is 13.6 Å². The summed E-state index contributed by atoms with van der Waals surface area (Å²) in [5, 5.41) is 3.16. The lowest BCUT2D eigenvalue weighted by atomic mass is 10.2. The first-order valence-electron chi connectivity index (χ1n) is 5.00. The molecular weight excluding hydrogens is 254 g/mol. The Labute approximate surface area is 97.6 Å². The lowest BCUT2D eigenvalue weighted by molar-refractivity contribution is 0.767. The fourth-order valence-electron chi connectivity index (χ4n) is 1.73. The maximum atomic E-state index is 4.53. The van der Waals surface area contributed by atoms with E-state index in [0.717, 1.165) is 28.8 Å². The van der Waals surface area contributed by atoms with Crippen LogP contribution in [0.5, 0.6) is 0 Å². The third-order valence-corrected chi connectivity index (χ3v) is 2.99. The van der Waals surface area contributed by atoms with Crippen molar-refractivity contribution in [3.05, 3.63) is 34.2 Å². The molecule has 0 spiro atoms. The zero-order valence-corrected chi connectivity index (χ0v) is 10.5. The van der Waals surface area contributed by atoms with Gasteiger partial charge in [0.2, 0.25) is 0 Å². The number of hydrogen-bond acceptors (Lipinski definition) is 2. The number of rotatable bonds is 3. The van der Waals surface area contributed by atoms with Gasteiger partial charge in [-0.3, -0.25) is 0 Å². The number of likely N-dealkylation sites (N-methyl/N-ethyl adjacent to an activating group) is 1. The molecule has 0 aliphatic rings. The summed E-state index contributed by atoms with van der Waals surface area (Å²) in [5.74, 6) is 0. The summed E-state index contributed by atoms with van der Waals surface area (Å²) in [6.07, 6.45) is 3.07. The summed E-state index contributed by atoms with van der Waals surface area (Å²) >= 11 is 3.45. The van der Waals surface area contributed by atoms with Gasteiger partial charge in [-0.2, -0.15) is 0 Å². The largest absolute Gasteiger partial charge is 0.319 e. The number of aryl methyl sites for hydroxylation is 1. The number of imidazole rings is 1. The first-order chi connectivity index (χ1) is 7.22. The van der Waals surface area contributed by atoms with Gasteiger partial charge in [-0.05, 0) is 26.1 Å². The third kappa shape index (κ3) is 2.06. The first kappa shape index (κ1) is 10.6. The second kappa shape index (κ2) is 4.33. The lowest BCUT2D eigenvalue weighted by Crippen LogP contribution is -2.12. The molecule has 0 bridgehead atoms. The van der Waals surface area contributed by atoms with Gasteiger partial charge in [0.1, 0.15) is 5.65 Å². The van der Waals surface area contributed by atoms with E-state index >= 15 is 0 Å². The van der Waals surface area contributed by atoms with Crippen molar-refractivity contribution in [1.82, 2.24) is 14.7 Å². The Morgan fingerprint density at radius 2 is 2.33 bits per heavy atom. The highest BCUT2D eigenvalue weighted by atomic mass is 79.9. The molecule has 2 heterocycles. The van der Waals surface area contributed by atoms with Crippen LogP contribution < -0.4 is 5.32 Å². The van der Waals surface area contributed by atoms with Crippen molar-refractivity contribution in [1.29, 1.82) is 0 Å². The third-order valence-electron chi connectivity index (χ3n) is 2.50. The van der Waals surface area contributed by atoms with Crippen LogP contribution in [-0.4, -0.2) is 23.0 Å². The number of aromatic nitrogens is 2. The molecule has 0 saturated heterocycles. The van der Waals surface area contributed by atoms with E-state index in [1.807, 2.05) is 19.2 Å². The second-order valence-corrected chi connectivity index (χ2v) is 4.49. The van der Waals surface area contributed by atoms with E-state index in [1.165, 1.54) is 5.69 Å². The Bertz CT molecular complexity index is 476. The van der Waals surface area contributed by atoms with Crippen molar-refractivity contribution in [2.45, 2.75) is 13.3 Å². The molecule has 3 nitrogen and oxygen atoms in total. The van der Waals surface area contributed by atoms with Gasteiger partial charge >= 0.3 is 0 Å². The molecule has 0 fully saturated rings. The molecule has 0 aliphatic heterocycles. The molecule has 2 aromatic heterocycles. The fraction of sp³-hybridized carbons (Fsp3) is 0.364. The summed E-state index contributed by atoms with van der Waals surface area (Å²) in [7, 11) is 1.97. The van der Waals surface area contributed by atoms with E-state index in [9.17, 15) is 0 Å². The molecule has 15 heavy (non-hydrogen) atoms. The molecule has 0 aliphatic carbocycles. The van der Waals surface area contributed by atoms with Gasteiger partial charge in [0.05, 0.1) is 5.69 Å². The SMILES string of the molecule is CNCCc1c(C)nc2cc(Br)ccn12. The predicted octanol–water partition coefficient (Wildman–Crippen LogP) is 2.17. The highest BCUT2D eigenvalue weighted by Crippen LogP contribution is 2.17. The summed E-state index contributed by atoms with van der Waals surface area (Å²) < 4.78 is 3.22. The average Bonchev–Trinajstić information content (AvgIpc) is 2.50. The van der Waals surface area contributed by atoms with E-state index in [-0.39, 0.29) is 0 Å². The van der Waals surface area contributed by atoms with Crippen LogP contribution in [0.3, 0.4) is 0 Å². The van der Waals surface area contributed by atoms with Crippen LogP contribution in [0.1, 0.15) is 11.4 Å². The Morgan fingerprint density at radius 1 is 1.53 bits per heavy atom. The molecule has 0 saturated carbocycles. The van der Waals surface area contributed by atoms with Crippen molar-refractivity contribution >= 4 is 21.6 Å². The van der Waals surface area contributed by atoms with E-state index in [0.29, 0.717) is 0 Å². The monoisotopic (exact) mass is 267 g/mol. The number of hydrogen-bond donors (Lipinski definition) is 1. The smallest absolute Gasteiger partial charge is 0.138 e. The minimum absolute atomic E-state index is 0.977. The summed E-state index contributed by atoms with van der Waals surface area (Å²) in [5.41, 5.74) is 3.41. The number of fused-ring (bicyclic) bond motifs is 1. The Morgan fingerprint density at radius 3 is 3.07 bits per heavy atom. The molecular formula is C11H14BrN3. The van der Waals surface area contributed by atoms with Crippen LogP contribution in [0.4, 0.5) is 0 Å². The molecule has 1 N–H and O–H groups in total. The fourth-order valence-corrected chi connectivity index (χ4v) is 2.06. The number of halogens is 1. The van der Waals surface area contributed by atoms with Gasteiger partial charge in [-0.1, -0.05) is 15.9 Å². The van der Waals surface area contributed by atoms with Crippen molar-refractivity contribution in [3.63, 3.8) is 0 Å². The van der Waals surface area contributed by atoms with Crippen LogP contribution in [0, 0.1) is 6.92 Å². The summed E-state index contributed by atoms with van der Waals surface area (Å²) in [4.78, 5) is 4.53. The molecule has 0 radical (unpaired) electrons. The minimum atomic E-state index is 0.977. The molecule has 0 unspecified atom stereocenters. The average molecular weight is 268 g/mol. The number of nitrogens with zero attached hydrogens (tertiary/aromatic N) is 2. The van der Waals surface area contributed by atoms with E-state index in [1.54, 1.807) is 0 Å². The van der Waals surface area contributed by atoms with Gasteiger partial charge in [0.15, 0.2) is 0 Å². The Kier molecular flexibility index (Phi) is 3.07. The maximum absolute atomic E-state index is 4.53. The van der Waals surface area contributed by atoms with Gasteiger partial charge < -0.3 is 9.72 Å². The second-order valence-electron chi connectivity index (χ2n) is 3.57. The van der Waals surface area contributed by atoms with Crippen LogP contribution in [0.15, 0.2) is 22.8 Å². The van der Waals surface area contributed by atoms with Crippen molar-refractivity contribution in [2.24, 2.45) is 0 Å². The molecule has 80 valence electrons. The van der Waals surface area contributed by atoms with E-state index in [4.69, 9.17) is 0 Å². The highest BCUT2D eigenvalue weighted by Gasteiger charge is 2.07. The number of nitrogens with one attached hydrogen (secondary N) is 1. The zero-order valence-electron chi connectivity index (χ0n) is 8.92. The predicted molar refractivity (Wildman–Crippen MR) is 65.3 cm³/mol. The summed E-state index contributed by atoms with van der Waals surface area (Å²) in [6, 6.07) is 4.08. The zero-order chi connectivity index (χ0) is 10.8. The van der Waals surface area contributed by atoms with Gasteiger partial charge in [-0.15, -0.1) is 0 Å². The molecule has 0 aromatic carbocycles. The van der Waals surface area contributed by atoms with E-state index in [2.05, 4.69) is 43.8 Å². The lowest BCUT2D eigenvalue weighted by Gasteiger charge is -2.02. The minimum Gasteiger partial charge on any atom is -0.319 e. The molecule has 4 heteroatoms. The Hall–Kier alpha value is -0.870. The first-order valence-corrected chi connectivity index (χ1v) is 5.79. The van der Waals surface area contributed by atoms with Crippen LogP contribution in [-0.2, 0) is 6.42 Å². The topological polar surface area (TPSA) is 29.3 Å². The maximum Gasteiger partial charge on any atom is 0.138 e. The molecule has 2 rings (SSSR count). The molecule has 0 atom stereocenters. The van der Waals surface area contributed by atoms with Crippen LogP contribution in [0.2, 0.25) is 0 Å². The Balaban J connectivity index is 2.48. The van der Waals surface area contributed by atoms with Gasteiger partial charge in [0.25, 0.3) is 0 Å². The molecule has 0 amide bonds. The van der Waals surface area contributed by atoms with Crippen molar-refractivity contribution < 1.29 is 0 Å². The molecule has 2 aromatic rings. The van der Waals surface area contributed by atoms with E-state index < -0.39 is 0 Å². The quantitative estimate of drug-likeness (QED) is 0.924. The van der Waals surface area contributed by atoms with Gasteiger partial charge in [-0.25, -0.2) is 4.98 Å². The highest BCUT2D eigenvalue weighted by molar-refractivity contribution is 9.10. The number of pyridine rings is 1. The van der Waals surface area contributed by atoms with Gasteiger partial charge in [0, 0.05) is 29.3 Å². The van der Waals surface area contributed by atoms with Crippen molar-refractivity contribution in [3.8, 4) is 0 Å². The normalized spacial score (nSPS) is 11.1. The summed E-state index contributed by atoms with van der Waals surface area (Å²) in [6.45, 7) is 3.04. The van der Waals surface area contributed by atoms with Crippen LogP contribution in [0.25, 0.3) is 5.65 Å². The van der Waals surface area contributed by atoms with Crippen LogP contribution >= 0.6 is 15.9 Å².